The number of benzene rings is 2. The third kappa shape index (κ3) is 3.06. The van der Waals surface area contributed by atoms with Crippen LogP contribution in [0.5, 0.6) is 0 Å². The van der Waals surface area contributed by atoms with Gasteiger partial charge in [-0.15, -0.1) is 15.3 Å². The number of nitrogens with one attached hydrogen (secondary N) is 1. The van der Waals surface area contributed by atoms with E-state index in [4.69, 9.17) is 4.42 Å². The Morgan fingerprint density at radius 2 is 1.59 bits per heavy atom. The summed E-state index contributed by atoms with van der Waals surface area (Å²) in [5.74, 6) is 0.362. The van der Waals surface area contributed by atoms with Gasteiger partial charge in [0.05, 0.1) is 5.69 Å². The minimum absolute atomic E-state index is 0.332. The van der Waals surface area contributed by atoms with Gasteiger partial charge in [0.2, 0.25) is 0 Å². The van der Waals surface area contributed by atoms with Gasteiger partial charge < -0.3 is 9.73 Å². The lowest BCUT2D eigenvalue weighted by atomic mass is 10.0. The van der Waals surface area contributed by atoms with Crippen LogP contribution in [0, 0.1) is 0 Å². The van der Waals surface area contributed by atoms with Crippen LogP contribution in [0.4, 0.5) is 11.7 Å². The highest BCUT2D eigenvalue weighted by Gasteiger charge is 2.19. The van der Waals surface area contributed by atoms with Gasteiger partial charge in [0.15, 0.2) is 5.69 Å². The lowest BCUT2D eigenvalue weighted by Gasteiger charge is -2.07. The van der Waals surface area contributed by atoms with Crippen molar-refractivity contribution >= 4 is 11.7 Å². The van der Waals surface area contributed by atoms with Crippen molar-refractivity contribution in [1.29, 1.82) is 0 Å². The number of aryl methyl sites for hydroxylation is 2. The molecule has 2 heterocycles. The topological polar surface area (TPSA) is 76.7 Å². The summed E-state index contributed by atoms with van der Waals surface area (Å²) in [6.45, 7) is 0. The van der Waals surface area contributed by atoms with Gasteiger partial charge in [-0.25, -0.2) is 0 Å². The van der Waals surface area contributed by atoms with Crippen LogP contribution < -0.4 is 5.32 Å². The average molecular weight is 355 g/mol. The highest BCUT2D eigenvalue weighted by atomic mass is 16.4. The molecule has 0 saturated heterocycles. The minimum atomic E-state index is 0.332. The largest absolute Gasteiger partial charge is 0.401 e. The maximum absolute atomic E-state index is 5.73. The van der Waals surface area contributed by atoms with Crippen LogP contribution in [-0.4, -0.2) is 20.4 Å². The highest BCUT2D eigenvalue weighted by molar-refractivity contribution is 5.69. The van der Waals surface area contributed by atoms with Gasteiger partial charge in [0, 0.05) is 11.3 Å². The molecule has 0 fully saturated rings. The molecule has 132 valence electrons. The standard InChI is InChI=1S/C21H17N5O/c1-2-10-16(11-3-1)22-21-26-25-20(27-21)18-13-15-9-6-8-14-7-4-5-12-17(14)19(15)24-23-18/h1-5,7,10-13H,6,8-9H2,(H,22,26). The maximum atomic E-state index is 5.73. The summed E-state index contributed by atoms with van der Waals surface area (Å²) in [6, 6.07) is 20.4. The third-order valence-electron chi connectivity index (χ3n) is 4.71. The molecule has 4 aromatic rings. The number of aromatic nitrogens is 4. The Morgan fingerprint density at radius 3 is 2.52 bits per heavy atom. The molecule has 27 heavy (non-hydrogen) atoms. The summed E-state index contributed by atoms with van der Waals surface area (Å²) < 4.78 is 5.73. The number of nitrogens with zero attached hydrogens (tertiary/aromatic N) is 4. The fourth-order valence-electron chi connectivity index (χ4n) is 3.41. The Kier molecular flexibility index (Phi) is 3.86. The van der Waals surface area contributed by atoms with Gasteiger partial charge >= 0.3 is 6.01 Å². The molecule has 5 rings (SSSR count). The van der Waals surface area contributed by atoms with Gasteiger partial charge in [-0.3, -0.25) is 0 Å². The second-order valence-electron chi connectivity index (χ2n) is 6.52. The molecular formula is C21H17N5O. The molecule has 0 atom stereocenters. The molecule has 0 unspecified atom stereocenters. The van der Waals surface area contributed by atoms with Crippen molar-refractivity contribution in [2.24, 2.45) is 0 Å². The first kappa shape index (κ1) is 15.7. The van der Waals surface area contributed by atoms with Crippen LogP contribution in [-0.2, 0) is 12.8 Å². The maximum Gasteiger partial charge on any atom is 0.320 e. The summed E-state index contributed by atoms with van der Waals surface area (Å²) in [7, 11) is 0. The van der Waals surface area contributed by atoms with Crippen molar-refractivity contribution in [3.8, 4) is 22.8 Å². The highest BCUT2D eigenvalue weighted by Crippen LogP contribution is 2.32. The quantitative estimate of drug-likeness (QED) is 0.586. The van der Waals surface area contributed by atoms with Crippen molar-refractivity contribution in [2.45, 2.75) is 19.3 Å². The van der Waals surface area contributed by atoms with E-state index < -0.39 is 0 Å². The SMILES string of the molecule is c1ccc(Nc2nnc(-c3cc4c(nn3)-c3ccccc3CCC4)o2)cc1. The summed E-state index contributed by atoms with van der Waals surface area (Å²) in [5, 5.41) is 20.1. The van der Waals surface area contributed by atoms with Gasteiger partial charge in [-0.2, -0.15) is 0 Å². The molecule has 2 aromatic heterocycles. The molecular weight excluding hydrogens is 338 g/mol. The Labute approximate surface area is 156 Å². The molecule has 6 heteroatoms. The number of hydrogen-bond acceptors (Lipinski definition) is 6. The minimum Gasteiger partial charge on any atom is -0.401 e. The number of fused-ring (bicyclic) bond motifs is 3. The van der Waals surface area contributed by atoms with E-state index >= 15 is 0 Å². The van der Waals surface area contributed by atoms with E-state index in [0.717, 1.165) is 30.6 Å². The predicted molar refractivity (Wildman–Crippen MR) is 103 cm³/mol. The van der Waals surface area contributed by atoms with E-state index in [1.165, 1.54) is 16.7 Å². The molecule has 1 aliphatic rings. The zero-order valence-electron chi connectivity index (χ0n) is 14.6. The van der Waals surface area contributed by atoms with Crippen LogP contribution in [0.15, 0.2) is 65.1 Å². The molecule has 0 bridgehead atoms. The predicted octanol–water partition coefficient (Wildman–Crippen LogP) is 4.43. The van der Waals surface area contributed by atoms with Crippen molar-refractivity contribution in [2.75, 3.05) is 5.32 Å². The third-order valence-corrected chi connectivity index (χ3v) is 4.71. The fourth-order valence-corrected chi connectivity index (χ4v) is 3.41. The fraction of sp³-hybridized carbons (Fsp3) is 0.143. The zero-order chi connectivity index (χ0) is 18.1. The molecule has 0 radical (unpaired) electrons. The molecule has 0 saturated carbocycles. The van der Waals surface area contributed by atoms with E-state index in [0.29, 0.717) is 17.6 Å². The van der Waals surface area contributed by atoms with Crippen LogP contribution in [0.25, 0.3) is 22.8 Å². The Balaban J connectivity index is 1.47. The first-order chi connectivity index (χ1) is 13.4. The second-order valence-corrected chi connectivity index (χ2v) is 6.52. The summed E-state index contributed by atoms with van der Waals surface area (Å²) >= 11 is 0. The van der Waals surface area contributed by atoms with Crippen LogP contribution in [0.1, 0.15) is 17.5 Å². The van der Waals surface area contributed by atoms with Crippen molar-refractivity contribution < 1.29 is 4.42 Å². The zero-order valence-corrected chi connectivity index (χ0v) is 14.6. The molecule has 0 spiro atoms. The number of para-hydroxylation sites is 1. The molecule has 0 amide bonds. The number of anilines is 2. The van der Waals surface area contributed by atoms with E-state index in [1.54, 1.807) is 0 Å². The van der Waals surface area contributed by atoms with E-state index in [2.05, 4.69) is 43.9 Å². The van der Waals surface area contributed by atoms with E-state index in [1.807, 2.05) is 42.5 Å². The van der Waals surface area contributed by atoms with Crippen LogP contribution >= 0.6 is 0 Å². The van der Waals surface area contributed by atoms with E-state index in [9.17, 15) is 0 Å². The Morgan fingerprint density at radius 1 is 0.778 bits per heavy atom. The van der Waals surface area contributed by atoms with Crippen molar-refractivity contribution in [3.05, 3.63) is 71.8 Å². The summed E-state index contributed by atoms with van der Waals surface area (Å²) in [5.41, 5.74) is 6.10. The van der Waals surface area contributed by atoms with Crippen molar-refractivity contribution in [3.63, 3.8) is 0 Å². The molecule has 1 aliphatic carbocycles. The molecule has 6 nitrogen and oxygen atoms in total. The smallest absolute Gasteiger partial charge is 0.320 e. The van der Waals surface area contributed by atoms with Crippen LogP contribution in [0.3, 0.4) is 0 Å². The summed E-state index contributed by atoms with van der Waals surface area (Å²) in [6.07, 6.45) is 3.09. The molecule has 2 aromatic carbocycles. The normalized spacial score (nSPS) is 12.7. The van der Waals surface area contributed by atoms with Gasteiger partial charge in [-0.1, -0.05) is 47.6 Å². The van der Waals surface area contributed by atoms with Gasteiger partial charge in [-0.05, 0) is 48.6 Å². The first-order valence-electron chi connectivity index (χ1n) is 8.98. The average Bonchev–Trinajstić information content (AvgIpc) is 3.09. The number of rotatable bonds is 3. The second kappa shape index (κ2) is 6.64. The van der Waals surface area contributed by atoms with Gasteiger partial charge in [0.25, 0.3) is 5.89 Å². The van der Waals surface area contributed by atoms with Gasteiger partial charge in [0.1, 0.15) is 0 Å². The molecule has 1 N–H and O–H groups in total. The summed E-state index contributed by atoms with van der Waals surface area (Å²) in [4.78, 5) is 0. The number of hydrogen-bond donors (Lipinski definition) is 1. The first-order valence-corrected chi connectivity index (χ1v) is 8.98. The Hall–Kier alpha value is -3.54. The lowest BCUT2D eigenvalue weighted by molar-refractivity contribution is 0.583. The van der Waals surface area contributed by atoms with Crippen LogP contribution in [0.2, 0.25) is 0 Å². The Bertz CT molecular complexity index is 1090. The lowest BCUT2D eigenvalue weighted by Crippen LogP contribution is -1.97. The van der Waals surface area contributed by atoms with Crippen molar-refractivity contribution in [1.82, 2.24) is 20.4 Å². The monoisotopic (exact) mass is 355 g/mol. The van der Waals surface area contributed by atoms with E-state index in [-0.39, 0.29) is 0 Å². The molecule has 0 aliphatic heterocycles.